The van der Waals surface area contributed by atoms with E-state index in [0.717, 1.165) is 62.5 Å². The summed E-state index contributed by atoms with van der Waals surface area (Å²) in [5.41, 5.74) is 3.45. The van der Waals surface area contributed by atoms with Crippen LogP contribution in [-0.4, -0.2) is 34.5 Å². The first-order chi connectivity index (χ1) is 13.9. The van der Waals surface area contributed by atoms with Crippen LogP contribution in [0.1, 0.15) is 35.9 Å². The molecular formula is C21H25F3N4S. The van der Waals surface area contributed by atoms with E-state index < -0.39 is 11.7 Å². The van der Waals surface area contributed by atoms with Gasteiger partial charge in [-0.25, -0.2) is 4.98 Å². The average molecular weight is 423 g/mol. The summed E-state index contributed by atoms with van der Waals surface area (Å²) >= 11 is 1.69. The van der Waals surface area contributed by atoms with Crippen LogP contribution in [0.2, 0.25) is 0 Å². The molecule has 0 saturated carbocycles. The largest absolute Gasteiger partial charge is 0.416 e. The first-order valence-corrected chi connectivity index (χ1v) is 10.6. The summed E-state index contributed by atoms with van der Waals surface area (Å²) in [6.45, 7) is 7.82. The summed E-state index contributed by atoms with van der Waals surface area (Å²) in [5.74, 6) is 0. The quantitative estimate of drug-likeness (QED) is 0.447. The van der Waals surface area contributed by atoms with Crippen LogP contribution in [0.3, 0.4) is 0 Å². The number of anilines is 1. The first kappa shape index (κ1) is 21.5. The van der Waals surface area contributed by atoms with Gasteiger partial charge in [-0.15, -0.1) is 11.3 Å². The molecule has 3 rings (SSSR count). The first-order valence-electron chi connectivity index (χ1n) is 9.69. The normalized spacial score (nSPS) is 12.1. The fraction of sp³-hybridized carbons (Fsp3) is 0.429. The third kappa shape index (κ3) is 5.67. The van der Waals surface area contributed by atoms with Gasteiger partial charge in [-0.3, -0.25) is 9.88 Å². The number of pyridine rings is 1. The van der Waals surface area contributed by atoms with E-state index in [-0.39, 0.29) is 0 Å². The lowest BCUT2D eigenvalue weighted by Gasteiger charge is -2.21. The maximum atomic E-state index is 12.9. The van der Waals surface area contributed by atoms with E-state index in [1.807, 2.05) is 12.4 Å². The van der Waals surface area contributed by atoms with Crippen molar-refractivity contribution < 1.29 is 13.2 Å². The second-order valence-electron chi connectivity index (χ2n) is 7.01. The van der Waals surface area contributed by atoms with E-state index in [0.29, 0.717) is 10.9 Å². The Balaban J connectivity index is 1.59. The predicted octanol–water partition coefficient (Wildman–Crippen LogP) is 5.73. The molecule has 0 atom stereocenters. The van der Waals surface area contributed by atoms with Crippen molar-refractivity contribution in [1.82, 2.24) is 14.9 Å². The van der Waals surface area contributed by atoms with Crippen LogP contribution < -0.4 is 5.32 Å². The number of aryl methyl sites for hydroxylation is 1. The summed E-state index contributed by atoms with van der Waals surface area (Å²) < 4.78 is 38.7. The van der Waals surface area contributed by atoms with Gasteiger partial charge in [-0.05, 0) is 44.5 Å². The SMILES string of the molecule is CCCN(CCCNc1ccnc2cc(C(F)(F)F)ccc12)Cc1scnc1C. The van der Waals surface area contributed by atoms with Crippen LogP contribution in [0.4, 0.5) is 18.9 Å². The van der Waals surface area contributed by atoms with Crippen molar-refractivity contribution in [2.75, 3.05) is 25.0 Å². The smallest absolute Gasteiger partial charge is 0.384 e. The van der Waals surface area contributed by atoms with Gasteiger partial charge in [-0.2, -0.15) is 13.2 Å². The Kier molecular flexibility index (Phi) is 7.08. The highest BCUT2D eigenvalue weighted by atomic mass is 32.1. The van der Waals surface area contributed by atoms with Crippen molar-refractivity contribution >= 4 is 27.9 Å². The molecule has 0 aliphatic carbocycles. The lowest BCUT2D eigenvalue weighted by atomic mass is 10.1. The summed E-state index contributed by atoms with van der Waals surface area (Å²) in [6, 6.07) is 5.50. The second-order valence-corrected chi connectivity index (χ2v) is 7.94. The van der Waals surface area contributed by atoms with Gasteiger partial charge in [0.1, 0.15) is 0 Å². The number of nitrogens with one attached hydrogen (secondary N) is 1. The van der Waals surface area contributed by atoms with Crippen LogP contribution >= 0.6 is 11.3 Å². The lowest BCUT2D eigenvalue weighted by Crippen LogP contribution is -2.26. The Morgan fingerprint density at radius 2 is 1.97 bits per heavy atom. The molecular weight excluding hydrogens is 397 g/mol. The zero-order chi connectivity index (χ0) is 20.9. The minimum absolute atomic E-state index is 0.345. The van der Waals surface area contributed by atoms with E-state index in [9.17, 15) is 13.2 Å². The van der Waals surface area contributed by atoms with Crippen LogP contribution in [0.5, 0.6) is 0 Å². The maximum Gasteiger partial charge on any atom is 0.416 e. The third-order valence-corrected chi connectivity index (χ3v) is 5.71. The minimum Gasteiger partial charge on any atom is -0.384 e. The molecule has 0 radical (unpaired) electrons. The molecule has 4 nitrogen and oxygen atoms in total. The van der Waals surface area contributed by atoms with Gasteiger partial charge in [0.25, 0.3) is 0 Å². The Labute approximate surface area is 172 Å². The zero-order valence-corrected chi connectivity index (χ0v) is 17.4. The number of benzene rings is 1. The van der Waals surface area contributed by atoms with Crippen molar-refractivity contribution in [1.29, 1.82) is 0 Å². The number of alkyl halides is 3. The molecule has 0 bridgehead atoms. The van der Waals surface area contributed by atoms with Gasteiger partial charge < -0.3 is 5.32 Å². The molecule has 0 saturated heterocycles. The van der Waals surface area contributed by atoms with Crippen molar-refractivity contribution in [3.05, 3.63) is 52.1 Å². The molecule has 3 aromatic rings. The van der Waals surface area contributed by atoms with E-state index in [1.165, 1.54) is 10.9 Å². The second kappa shape index (κ2) is 9.54. The third-order valence-electron chi connectivity index (χ3n) is 4.79. The summed E-state index contributed by atoms with van der Waals surface area (Å²) in [7, 11) is 0. The van der Waals surface area contributed by atoms with Crippen LogP contribution in [0, 0.1) is 6.92 Å². The van der Waals surface area contributed by atoms with Crippen molar-refractivity contribution in [3.63, 3.8) is 0 Å². The van der Waals surface area contributed by atoms with Gasteiger partial charge in [0.2, 0.25) is 0 Å². The van der Waals surface area contributed by atoms with Gasteiger partial charge in [0, 0.05) is 41.8 Å². The van der Waals surface area contributed by atoms with E-state index in [2.05, 4.69) is 27.1 Å². The molecule has 1 aromatic carbocycles. The number of halogens is 3. The zero-order valence-electron chi connectivity index (χ0n) is 16.6. The molecule has 0 spiro atoms. The van der Waals surface area contributed by atoms with Gasteiger partial charge in [0.15, 0.2) is 0 Å². The van der Waals surface area contributed by atoms with Gasteiger partial charge in [-0.1, -0.05) is 13.0 Å². The molecule has 2 aromatic heterocycles. The van der Waals surface area contributed by atoms with Crippen molar-refractivity contribution in [2.45, 2.75) is 39.4 Å². The highest BCUT2D eigenvalue weighted by molar-refractivity contribution is 7.09. The molecule has 0 aliphatic heterocycles. The molecule has 0 unspecified atom stereocenters. The predicted molar refractivity (Wildman–Crippen MR) is 112 cm³/mol. The average Bonchev–Trinajstić information content (AvgIpc) is 3.08. The number of nitrogens with zero attached hydrogens (tertiary/aromatic N) is 3. The van der Waals surface area contributed by atoms with E-state index >= 15 is 0 Å². The summed E-state index contributed by atoms with van der Waals surface area (Å²) in [6.07, 6.45) is -0.802. The highest BCUT2D eigenvalue weighted by Crippen LogP contribution is 2.32. The van der Waals surface area contributed by atoms with Crippen LogP contribution in [-0.2, 0) is 12.7 Å². The molecule has 0 aliphatic rings. The van der Waals surface area contributed by atoms with Gasteiger partial charge >= 0.3 is 6.18 Å². The van der Waals surface area contributed by atoms with Crippen molar-refractivity contribution in [3.8, 4) is 0 Å². The Morgan fingerprint density at radius 3 is 2.66 bits per heavy atom. The number of hydrogen-bond donors (Lipinski definition) is 1. The Bertz CT molecular complexity index is 939. The molecule has 1 N–H and O–H groups in total. The van der Waals surface area contributed by atoms with E-state index in [1.54, 1.807) is 23.6 Å². The molecule has 156 valence electrons. The van der Waals surface area contributed by atoms with Crippen LogP contribution in [0.25, 0.3) is 10.9 Å². The fourth-order valence-electron chi connectivity index (χ4n) is 3.27. The summed E-state index contributed by atoms with van der Waals surface area (Å²) in [5, 5.41) is 4.06. The molecule has 2 heterocycles. The lowest BCUT2D eigenvalue weighted by molar-refractivity contribution is -0.137. The minimum atomic E-state index is -4.36. The monoisotopic (exact) mass is 422 g/mol. The number of rotatable bonds is 9. The Morgan fingerprint density at radius 1 is 1.14 bits per heavy atom. The molecule has 8 heteroatoms. The highest BCUT2D eigenvalue weighted by Gasteiger charge is 2.30. The number of fused-ring (bicyclic) bond motifs is 1. The van der Waals surface area contributed by atoms with Gasteiger partial charge in [0.05, 0.1) is 22.3 Å². The van der Waals surface area contributed by atoms with E-state index in [4.69, 9.17) is 0 Å². The maximum absolute atomic E-state index is 12.9. The molecule has 29 heavy (non-hydrogen) atoms. The fourth-order valence-corrected chi connectivity index (χ4v) is 4.09. The number of thiazole rings is 1. The standard InChI is InChI=1S/C21H25F3N4S/c1-3-10-28(13-20-15(2)27-14-29-20)11-4-8-25-18-7-9-26-19-12-16(21(22,23)24)5-6-17(18)19/h5-7,9,12,14H,3-4,8,10-11,13H2,1-2H3,(H,25,26). The summed E-state index contributed by atoms with van der Waals surface area (Å²) in [4.78, 5) is 12.1. The Hall–Kier alpha value is -2.19. The molecule has 0 fully saturated rings. The number of hydrogen-bond acceptors (Lipinski definition) is 5. The van der Waals surface area contributed by atoms with Crippen molar-refractivity contribution in [2.24, 2.45) is 0 Å². The topological polar surface area (TPSA) is 41.0 Å². The number of aromatic nitrogens is 2. The van der Waals surface area contributed by atoms with Crippen LogP contribution in [0.15, 0.2) is 36.0 Å². The molecule has 0 amide bonds.